The fourth-order valence-electron chi connectivity index (χ4n) is 4.76. The number of aliphatic imine (C=N–C) groups is 1. The van der Waals surface area contributed by atoms with Gasteiger partial charge in [-0.05, 0) is 51.2 Å². The number of alkyl halides is 3. The summed E-state index contributed by atoms with van der Waals surface area (Å²) in [5.74, 6) is 0.0180. The van der Waals surface area contributed by atoms with Crippen LogP contribution in [0.5, 0.6) is 0 Å². The molecule has 1 aromatic carbocycles. The minimum atomic E-state index is -3.93. The number of likely N-dealkylation sites (tertiary alicyclic amines) is 1. The first-order valence-electron chi connectivity index (χ1n) is 13.0. The van der Waals surface area contributed by atoms with E-state index in [1.54, 1.807) is 20.2 Å². The molecular weight excluding hydrogens is 499 g/mol. The maximum absolute atomic E-state index is 13.9. The Bertz CT molecular complexity index is 1040. The van der Waals surface area contributed by atoms with Gasteiger partial charge in [0.25, 0.3) is 0 Å². The van der Waals surface area contributed by atoms with Crippen molar-refractivity contribution in [1.29, 1.82) is 0 Å². The van der Waals surface area contributed by atoms with Crippen molar-refractivity contribution in [3.63, 3.8) is 0 Å². The van der Waals surface area contributed by atoms with Crippen LogP contribution in [0.2, 0.25) is 0 Å². The van der Waals surface area contributed by atoms with Crippen LogP contribution in [0.4, 0.5) is 13.2 Å². The van der Waals surface area contributed by atoms with Gasteiger partial charge in [-0.2, -0.15) is 8.78 Å². The summed E-state index contributed by atoms with van der Waals surface area (Å²) in [6, 6.07) is 8.13. The van der Waals surface area contributed by atoms with Crippen molar-refractivity contribution in [2.45, 2.75) is 64.5 Å². The van der Waals surface area contributed by atoms with Gasteiger partial charge in [0.15, 0.2) is 6.23 Å². The third kappa shape index (κ3) is 7.52. The van der Waals surface area contributed by atoms with Crippen LogP contribution >= 0.6 is 0 Å². The lowest BCUT2D eigenvalue weighted by atomic mass is 9.82. The molecule has 1 aromatic rings. The molecule has 0 radical (unpaired) electrons. The molecule has 1 aliphatic heterocycles. The highest BCUT2D eigenvalue weighted by Crippen LogP contribution is 2.36. The summed E-state index contributed by atoms with van der Waals surface area (Å²) in [4.78, 5) is 19.3. The van der Waals surface area contributed by atoms with Gasteiger partial charge in [0.2, 0.25) is 12.1 Å². The van der Waals surface area contributed by atoms with Crippen LogP contribution in [-0.4, -0.2) is 67.5 Å². The molecule has 3 rings (SSSR count). The van der Waals surface area contributed by atoms with Gasteiger partial charge in [-0.25, -0.2) is 4.39 Å². The van der Waals surface area contributed by atoms with Gasteiger partial charge < -0.3 is 24.8 Å². The van der Waals surface area contributed by atoms with Gasteiger partial charge in [-0.1, -0.05) is 29.8 Å². The van der Waals surface area contributed by atoms with Crippen LogP contribution in [0.25, 0.3) is 0 Å². The first-order chi connectivity index (χ1) is 18.1. The summed E-state index contributed by atoms with van der Waals surface area (Å²) >= 11 is 0. The molecule has 0 bridgehead atoms. The van der Waals surface area contributed by atoms with Crippen LogP contribution in [0, 0.1) is 18.8 Å². The van der Waals surface area contributed by atoms with Crippen LogP contribution in [0.3, 0.4) is 0 Å². The number of carbonyl (C=O) groups is 1. The maximum atomic E-state index is 13.9. The van der Waals surface area contributed by atoms with Crippen molar-refractivity contribution in [2.24, 2.45) is 16.8 Å². The molecule has 0 saturated carbocycles. The van der Waals surface area contributed by atoms with Crippen LogP contribution in [0.15, 0.2) is 52.9 Å². The number of halogens is 3. The number of aliphatic hydroxyl groups excluding tert-OH is 1. The Hall–Kier alpha value is -3.01. The average Bonchev–Trinajstić information content (AvgIpc) is 2.87. The van der Waals surface area contributed by atoms with Crippen LogP contribution in [0.1, 0.15) is 43.7 Å². The van der Waals surface area contributed by atoms with E-state index in [4.69, 9.17) is 9.84 Å². The second kappa shape index (κ2) is 13.2. The topological polar surface area (TPSA) is 83.4 Å². The lowest BCUT2D eigenvalue weighted by molar-refractivity contribution is -0.249. The summed E-state index contributed by atoms with van der Waals surface area (Å²) in [6.45, 7) is 3.11. The number of piperidine rings is 1. The minimum Gasteiger partial charge on any atom is -0.470 e. The predicted octanol–water partition coefficient (Wildman–Crippen LogP) is 4.50. The van der Waals surface area contributed by atoms with E-state index < -0.39 is 24.4 Å². The molecule has 38 heavy (non-hydrogen) atoms. The number of amides is 1. The number of hydrogen-bond donors (Lipinski definition) is 2. The summed E-state index contributed by atoms with van der Waals surface area (Å²) in [7, 11) is 3.41. The number of aliphatic hydroxyl groups is 1. The lowest BCUT2D eigenvalue weighted by Gasteiger charge is -2.44. The van der Waals surface area contributed by atoms with E-state index in [2.05, 4.69) is 15.0 Å². The smallest absolute Gasteiger partial charge is 0.429 e. The Labute approximate surface area is 222 Å². The zero-order chi connectivity index (χ0) is 27.9. The van der Waals surface area contributed by atoms with Gasteiger partial charge in [0, 0.05) is 45.7 Å². The SMILES string of the molecule is CN=C1C(C(=O)NCCCO)CC(Cc2ccc(C)cc2)C(OC2=CCCC(OC(F)(F)C(C)F)=C2)N1C. The third-order valence-corrected chi connectivity index (χ3v) is 6.82. The first-order valence-corrected chi connectivity index (χ1v) is 13.0. The number of aryl methyl sites for hydroxylation is 1. The molecule has 0 aromatic heterocycles. The highest BCUT2D eigenvalue weighted by Gasteiger charge is 2.43. The van der Waals surface area contributed by atoms with Gasteiger partial charge in [0.1, 0.15) is 17.4 Å². The summed E-state index contributed by atoms with van der Waals surface area (Å²) in [5.41, 5.74) is 2.21. The van der Waals surface area contributed by atoms with Crippen molar-refractivity contribution in [1.82, 2.24) is 10.2 Å². The van der Waals surface area contributed by atoms with Crippen molar-refractivity contribution in [3.8, 4) is 0 Å². The number of hydrogen-bond acceptors (Lipinski definition) is 5. The molecule has 1 fully saturated rings. The molecule has 2 N–H and O–H groups in total. The van der Waals surface area contributed by atoms with E-state index >= 15 is 0 Å². The number of rotatable bonds is 11. The minimum absolute atomic E-state index is 0.0178. The summed E-state index contributed by atoms with van der Waals surface area (Å²) in [6.07, 6.45) is -1.61. The molecule has 1 amide bonds. The van der Waals surface area contributed by atoms with Crippen molar-refractivity contribution >= 4 is 11.7 Å². The standard InChI is InChI=1S/C28H38F3N3O4/c1-18-9-11-20(12-10-18)15-21-16-24(26(36)33-13-6-14-35)25(32-3)34(4)27(21)37-22-7-5-8-23(17-22)38-28(30,31)19(2)29/h7,9-12,17,19,21,24,27,35H,5-6,8,13-16H2,1-4H3,(H,33,36). The number of ether oxygens (including phenoxy) is 2. The Morgan fingerprint density at radius 3 is 2.66 bits per heavy atom. The maximum Gasteiger partial charge on any atom is 0.429 e. The second-order valence-electron chi connectivity index (χ2n) is 9.84. The Balaban J connectivity index is 1.86. The molecule has 1 aliphatic carbocycles. The lowest BCUT2D eigenvalue weighted by Crippen LogP contribution is -2.55. The normalized spacial score (nSPS) is 23.9. The van der Waals surface area contributed by atoms with E-state index in [1.165, 1.54) is 6.08 Å². The Morgan fingerprint density at radius 2 is 2.03 bits per heavy atom. The number of nitrogens with zero attached hydrogens (tertiary/aromatic N) is 2. The quantitative estimate of drug-likeness (QED) is 0.406. The number of nitrogens with one attached hydrogen (secondary N) is 1. The van der Waals surface area contributed by atoms with Crippen LogP contribution < -0.4 is 5.32 Å². The van der Waals surface area contributed by atoms with E-state index in [9.17, 15) is 18.0 Å². The molecule has 10 heteroatoms. The van der Waals surface area contributed by atoms with E-state index in [-0.39, 0.29) is 30.6 Å². The van der Waals surface area contributed by atoms with Gasteiger partial charge in [-0.15, -0.1) is 0 Å². The highest BCUT2D eigenvalue weighted by molar-refractivity contribution is 6.03. The highest BCUT2D eigenvalue weighted by atomic mass is 19.3. The van der Waals surface area contributed by atoms with E-state index in [1.807, 2.05) is 36.1 Å². The first kappa shape index (κ1) is 29.5. The van der Waals surface area contributed by atoms with Crippen molar-refractivity contribution < 1.29 is 32.5 Å². The Morgan fingerprint density at radius 1 is 1.32 bits per heavy atom. The van der Waals surface area contributed by atoms with Crippen LogP contribution in [-0.2, 0) is 20.7 Å². The molecule has 210 valence electrons. The predicted molar refractivity (Wildman–Crippen MR) is 139 cm³/mol. The number of amidine groups is 1. The molecular formula is C28H38F3N3O4. The summed E-state index contributed by atoms with van der Waals surface area (Å²) in [5, 5.41) is 12.0. The molecule has 0 spiro atoms. The van der Waals surface area contributed by atoms with Crippen molar-refractivity contribution in [3.05, 3.63) is 59.1 Å². The second-order valence-corrected chi connectivity index (χ2v) is 9.84. The van der Waals surface area contributed by atoms with Gasteiger partial charge in [0.05, 0.1) is 5.92 Å². The summed E-state index contributed by atoms with van der Waals surface area (Å²) < 4.78 is 52.1. The van der Waals surface area contributed by atoms with E-state index in [0.29, 0.717) is 43.8 Å². The fourth-order valence-corrected chi connectivity index (χ4v) is 4.76. The zero-order valence-corrected chi connectivity index (χ0v) is 22.4. The van der Waals surface area contributed by atoms with Gasteiger partial charge >= 0.3 is 6.11 Å². The molecule has 7 nitrogen and oxygen atoms in total. The monoisotopic (exact) mass is 537 g/mol. The van der Waals surface area contributed by atoms with E-state index in [0.717, 1.165) is 18.1 Å². The molecule has 4 unspecified atom stereocenters. The molecule has 1 saturated heterocycles. The zero-order valence-electron chi connectivity index (χ0n) is 22.4. The van der Waals surface area contributed by atoms with Crippen molar-refractivity contribution in [2.75, 3.05) is 27.2 Å². The number of carbonyl (C=O) groups excluding carboxylic acids is 1. The number of benzene rings is 1. The van der Waals surface area contributed by atoms with Gasteiger partial charge in [-0.3, -0.25) is 9.79 Å². The molecule has 1 heterocycles. The number of allylic oxidation sites excluding steroid dienone is 3. The third-order valence-electron chi connectivity index (χ3n) is 6.82. The fraction of sp³-hybridized carbons (Fsp3) is 0.571. The largest absolute Gasteiger partial charge is 0.470 e. The molecule has 2 aliphatic rings. The Kier molecular flexibility index (Phi) is 10.2. The molecule has 4 atom stereocenters. The average molecular weight is 538 g/mol.